The summed E-state index contributed by atoms with van der Waals surface area (Å²) in [4.78, 5) is 16.5. The first-order valence-electron chi connectivity index (χ1n) is 6.52. The van der Waals surface area contributed by atoms with Crippen molar-refractivity contribution in [1.82, 2.24) is 0 Å². The summed E-state index contributed by atoms with van der Waals surface area (Å²) in [5, 5.41) is 0.149. The molecule has 20 heavy (non-hydrogen) atoms. The zero-order valence-electron chi connectivity index (χ0n) is 12.2. The van der Waals surface area contributed by atoms with Crippen molar-refractivity contribution in [3.63, 3.8) is 0 Å². The molecule has 108 valence electrons. The molecule has 1 aromatic carbocycles. The minimum atomic E-state index is -0.268. The van der Waals surface area contributed by atoms with E-state index >= 15 is 0 Å². The van der Waals surface area contributed by atoms with Crippen LogP contribution in [-0.2, 0) is 4.79 Å². The fourth-order valence-corrected chi connectivity index (χ4v) is 3.09. The highest BCUT2D eigenvalue weighted by Crippen LogP contribution is 2.30. The fourth-order valence-electron chi connectivity index (χ4n) is 2.09. The summed E-state index contributed by atoms with van der Waals surface area (Å²) in [5.41, 5.74) is 1.84. The number of hydrogen-bond acceptors (Lipinski definition) is 5. The molecule has 0 aliphatic carbocycles. The Kier molecular flexibility index (Phi) is 4.70. The van der Waals surface area contributed by atoms with Crippen LogP contribution in [0.3, 0.4) is 0 Å². The average Bonchev–Trinajstić information content (AvgIpc) is 2.46. The number of methoxy groups -OCH3 is 2. The van der Waals surface area contributed by atoms with Crippen LogP contribution in [0.15, 0.2) is 23.2 Å². The van der Waals surface area contributed by atoms with Gasteiger partial charge >= 0.3 is 0 Å². The monoisotopic (exact) mass is 293 g/mol. The standard InChI is InChI=1S/C15H19NO3S/c1-9(2)14-15(17)20-8-12(16-14)11-6-5-10(18-3)7-13(11)19-4/h5-7,9,14H,8H2,1-4H3/t14-/m0/s1. The van der Waals surface area contributed by atoms with Gasteiger partial charge in [0.1, 0.15) is 17.5 Å². The number of aliphatic imine (C=N–C) groups is 1. The second-order valence-corrected chi connectivity index (χ2v) is 5.92. The van der Waals surface area contributed by atoms with E-state index < -0.39 is 0 Å². The van der Waals surface area contributed by atoms with Gasteiger partial charge in [0.2, 0.25) is 5.12 Å². The van der Waals surface area contributed by atoms with Crippen LogP contribution in [0.25, 0.3) is 0 Å². The van der Waals surface area contributed by atoms with Crippen LogP contribution in [0.1, 0.15) is 19.4 Å². The van der Waals surface area contributed by atoms with Crippen molar-refractivity contribution in [2.45, 2.75) is 19.9 Å². The molecule has 0 saturated carbocycles. The Hall–Kier alpha value is -1.49. The van der Waals surface area contributed by atoms with Crippen LogP contribution in [0.5, 0.6) is 11.5 Å². The van der Waals surface area contributed by atoms with Crippen molar-refractivity contribution >= 4 is 22.6 Å². The van der Waals surface area contributed by atoms with Crippen LogP contribution in [0.2, 0.25) is 0 Å². The smallest absolute Gasteiger partial charge is 0.214 e. The summed E-state index contributed by atoms with van der Waals surface area (Å²) >= 11 is 1.33. The molecule has 1 aliphatic rings. The second kappa shape index (κ2) is 6.31. The van der Waals surface area contributed by atoms with Gasteiger partial charge in [-0.15, -0.1) is 0 Å². The third-order valence-corrected chi connectivity index (χ3v) is 4.18. The molecule has 0 aromatic heterocycles. The third kappa shape index (κ3) is 2.98. The van der Waals surface area contributed by atoms with E-state index in [1.54, 1.807) is 14.2 Å². The quantitative estimate of drug-likeness (QED) is 0.856. The molecule has 0 bridgehead atoms. The summed E-state index contributed by atoms with van der Waals surface area (Å²) in [6.45, 7) is 4.03. The maximum atomic E-state index is 11.9. The number of benzene rings is 1. The molecule has 1 heterocycles. The Bertz CT molecular complexity index is 540. The van der Waals surface area contributed by atoms with Gasteiger partial charge in [0.15, 0.2) is 0 Å². The topological polar surface area (TPSA) is 47.9 Å². The number of nitrogens with zero attached hydrogens (tertiary/aromatic N) is 1. The lowest BCUT2D eigenvalue weighted by Gasteiger charge is -2.22. The van der Waals surface area contributed by atoms with E-state index in [9.17, 15) is 4.79 Å². The average molecular weight is 293 g/mol. The third-order valence-electron chi connectivity index (χ3n) is 3.24. The molecular formula is C15H19NO3S. The lowest BCUT2D eigenvalue weighted by atomic mass is 10.0. The predicted octanol–water partition coefficient (Wildman–Crippen LogP) is 2.79. The van der Waals surface area contributed by atoms with Gasteiger partial charge in [0, 0.05) is 17.4 Å². The fraction of sp³-hybridized carbons (Fsp3) is 0.467. The lowest BCUT2D eigenvalue weighted by molar-refractivity contribution is -0.112. The highest BCUT2D eigenvalue weighted by atomic mass is 32.2. The van der Waals surface area contributed by atoms with Crippen LogP contribution in [0.4, 0.5) is 0 Å². The summed E-state index contributed by atoms with van der Waals surface area (Å²) in [6, 6.07) is 5.38. The molecule has 0 amide bonds. The first-order valence-corrected chi connectivity index (χ1v) is 7.51. The van der Waals surface area contributed by atoms with Crippen LogP contribution in [-0.4, -0.2) is 36.8 Å². The van der Waals surface area contributed by atoms with Crippen molar-refractivity contribution in [3.8, 4) is 11.5 Å². The first kappa shape index (κ1) is 14.9. The van der Waals surface area contributed by atoms with Crippen molar-refractivity contribution in [1.29, 1.82) is 0 Å². The molecule has 0 N–H and O–H groups in total. The van der Waals surface area contributed by atoms with Gasteiger partial charge < -0.3 is 9.47 Å². The molecule has 4 nitrogen and oxygen atoms in total. The molecule has 0 radical (unpaired) electrons. The van der Waals surface area contributed by atoms with E-state index in [0.717, 1.165) is 22.8 Å². The van der Waals surface area contributed by atoms with Crippen LogP contribution in [0, 0.1) is 5.92 Å². The Morgan fingerprint density at radius 1 is 1.30 bits per heavy atom. The highest BCUT2D eigenvalue weighted by molar-refractivity contribution is 8.14. The minimum absolute atomic E-state index is 0.149. The maximum absolute atomic E-state index is 11.9. The number of rotatable bonds is 4. The Morgan fingerprint density at radius 3 is 2.65 bits per heavy atom. The molecule has 1 atom stereocenters. The van der Waals surface area contributed by atoms with Crippen molar-refractivity contribution < 1.29 is 14.3 Å². The van der Waals surface area contributed by atoms with Gasteiger partial charge in [-0.25, -0.2) is 0 Å². The molecule has 1 aliphatic heterocycles. The Balaban J connectivity index is 2.40. The van der Waals surface area contributed by atoms with Crippen molar-refractivity contribution in [3.05, 3.63) is 23.8 Å². The molecule has 0 saturated heterocycles. The van der Waals surface area contributed by atoms with E-state index in [0.29, 0.717) is 5.75 Å². The number of hydrogen-bond donors (Lipinski definition) is 0. The highest BCUT2D eigenvalue weighted by Gasteiger charge is 2.28. The molecule has 0 fully saturated rings. The van der Waals surface area contributed by atoms with Gasteiger partial charge in [-0.1, -0.05) is 25.6 Å². The molecule has 0 unspecified atom stereocenters. The summed E-state index contributed by atoms with van der Waals surface area (Å²) in [5.74, 6) is 2.26. The predicted molar refractivity (Wildman–Crippen MR) is 82.2 cm³/mol. The number of ether oxygens (including phenoxy) is 2. The van der Waals surface area contributed by atoms with Crippen LogP contribution >= 0.6 is 11.8 Å². The van der Waals surface area contributed by atoms with E-state index in [4.69, 9.17) is 9.47 Å². The SMILES string of the molecule is COc1ccc(C2=N[C@@H](C(C)C)C(=O)SC2)c(OC)c1. The molecule has 5 heteroatoms. The molecular weight excluding hydrogens is 274 g/mol. The van der Waals surface area contributed by atoms with Gasteiger partial charge in [0.05, 0.1) is 19.9 Å². The largest absolute Gasteiger partial charge is 0.497 e. The summed E-state index contributed by atoms with van der Waals surface area (Å²) in [6.07, 6.45) is 0. The van der Waals surface area contributed by atoms with Gasteiger partial charge in [0.25, 0.3) is 0 Å². The summed E-state index contributed by atoms with van der Waals surface area (Å²) < 4.78 is 10.6. The molecule has 2 rings (SSSR count). The van der Waals surface area contributed by atoms with E-state index in [1.165, 1.54) is 11.8 Å². The molecule has 0 spiro atoms. The number of carbonyl (C=O) groups is 1. The molecule has 1 aromatic rings. The second-order valence-electron chi connectivity index (χ2n) is 4.94. The Morgan fingerprint density at radius 2 is 2.05 bits per heavy atom. The van der Waals surface area contributed by atoms with E-state index in [-0.39, 0.29) is 17.1 Å². The van der Waals surface area contributed by atoms with E-state index in [1.807, 2.05) is 32.0 Å². The minimum Gasteiger partial charge on any atom is -0.497 e. The van der Waals surface area contributed by atoms with Crippen LogP contribution < -0.4 is 9.47 Å². The van der Waals surface area contributed by atoms with Gasteiger partial charge in [-0.05, 0) is 18.1 Å². The van der Waals surface area contributed by atoms with Gasteiger partial charge in [-0.3, -0.25) is 9.79 Å². The zero-order chi connectivity index (χ0) is 14.7. The van der Waals surface area contributed by atoms with Gasteiger partial charge in [-0.2, -0.15) is 0 Å². The van der Waals surface area contributed by atoms with E-state index in [2.05, 4.69) is 4.99 Å². The van der Waals surface area contributed by atoms with Crippen molar-refractivity contribution in [2.75, 3.05) is 20.0 Å². The summed E-state index contributed by atoms with van der Waals surface area (Å²) in [7, 11) is 3.25. The number of thioether (sulfide) groups is 1. The van der Waals surface area contributed by atoms with Crippen molar-refractivity contribution in [2.24, 2.45) is 10.9 Å². The number of carbonyl (C=O) groups excluding carboxylic acids is 1. The first-order chi connectivity index (χ1) is 9.56. The lowest BCUT2D eigenvalue weighted by Crippen LogP contribution is -2.29. The zero-order valence-corrected chi connectivity index (χ0v) is 13.0. The maximum Gasteiger partial charge on any atom is 0.214 e. The normalized spacial score (nSPS) is 18.9. The Labute approximate surface area is 123 Å².